The highest BCUT2D eigenvalue weighted by Crippen LogP contribution is 2.40. The van der Waals surface area contributed by atoms with Crippen LogP contribution < -0.4 is 4.74 Å². The maximum atomic E-state index is 11.6. The van der Waals surface area contributed by atoms with Gasteiger partial charge in [-0.2, -0.15) is 0 Å². The van der Waals surface area contributed by atoms with Gasteiger partial charge in [0.1, 0.15) is 16.7 Å². The van der Waals surface area contributed by atoms with Crippen LogP contribution in [-0.4, -0.2) is 16.3 Å². The van der Waals surface area contributed by atoms with Crippen molar-refractivity contribution in [3.63, 3.8) is 0 Å². The zero-order chi connectivity index (χ0) is 16.1. The van der Waals surface area contributed by atoms with Gasteiger partial charge in [0.05, 0.1) is 0 Å². The molecule has 0 unspecified atom stereocenters. The predicted molar refractivity (Wildman–Crippen MR) is 93.2 cm³/mol. The zero-order valence-corrected chi connectivity index (χ0v) is 13.7. The van der Waals surface area contributed by atoms with Crippen molar-refractivity contribution in [2.75, 3.05) is 0 Å². The Hall–Kier alpha value is -1.94. The number of aliphatic carboxylic acids is 1. The molecule has 0 aliphatic heterocycles. The zero-order valence-electron chi connectivity index (χ0n) is 12.9. The molecule has 120 valence electrons. The summed E-state index contributed by atoms with van der Waals surface area (Å²) in [7, 11) is 0. The molecule has 0 saturated heterocycles. The number of carbonyl (C=O) groups is 1. The fourth-order valence-electron chi connectivity index (χ4n) is 2.83. The Kier molecular flexibility index (Phi) is 5.23. The lowest BCUT2D eigenvalue weighted by Crippen LogP contribution is -2.11. The van der Waals surface area contributed by atoms with E-state index < -0.39 is 11.2 Å². The van der Waals surface area contributed by atoms with Crippen molar-refractivity contribution >= 4 is 17.7 Å². The van der Waals surface area contributed by atoms with Crippen molar-refractivity contribution in [1.82, 2.24) is 0 Å². The van der Waals surface area contributed by atoms with Crippen LogP contribution in [0.4, 0.5) is 0 Å². The van der Waals surface area contributed by atoms with Gasteiger partial charge in [-0.25, -0.2) is 0 Å². The van der Waals surface area contributed by atoms with E-state index in [0.717, 1.165) is 29.9 Å². The second-order valence-corrected chi connectivity index (χ2v) is 7.16. The van der Waals surface area contributed by atoms with E-state index in [-0.39, 0.29) is 0 Å². The summed E-state index contributed by atoms with van der Waals surface area (Å²) in [6.07, 6.45) is 4.69. The Morgan fingerprint density at radius 3 is 2.22 bits per heavy atom. The quantitative estimate of drug-likeness (QED) is 0.783. The Bertz CT molecular complexity index is 633. The van der Waals surface area contributed by atoms with Gasteiger partial charge in [0.25, 0.3) is 0 Å². The maximum absolute atomic E-state index is 11.6. The summed E-state index contributed by atoms with van der Waals surface area (Å²) >= 11 is 1.58. The fraction of sp³-hybridized carbons (Fsp3) is 0.316. The molecule has 1 N–H and O–H groups in total. The summed E-state index contributed by atoms with van der Waals surface area (Å²) in [5.41, 5.74) is 0.829. The highest BCUT2D eigenvalue weighted by atomic mass is 32.2. The van der Waals surface area contributed by atoms with Gasteiger partial charge in [-0.05, 0) is 42.7 Å². The maximum Gasteiger partial charge on any atom is 0.321 e. The summed E-state index contributed by atoms with van der Waals surface area (Å²) in [4.78, 5) is 11.6. The molecule has 0 radical (unpaired) electrons. The molecule has 1 fully saturated rings. The van der Waals surface area contributed by atoms with E-state index in [0.29, 0.717) is 5.25 Å². The monoisotopic (exact) mass is 328 g/mol. The summed E-state index contributed by atoms with van der Waals surface area (Å²) in [6, 6.07) is 17.0. The predicted octanol–water partition coefficient (Wildman–Crippen LogP) is 5.28. The molecule has 1 saturated carbocycles. The lowest BCUT2D eigenvalue weighted by molar-refractivity contribution is -0.136. The number of benzene rings is 2. The third-order valence-corrected chi connectivity index (χ3v) is 5.62. The second kappa shape index (κ2) is 7.55. The molecule has 0 amide bonds. The Morgan fingerprint density at radius 1 is 1.00 bits per heavy atom. The standard InChI is InChI=1S/C19H20O3S/c20-19(21)18(23-17-8-4-5-9-17)14-10-12-16(13-11-14)22-15-6-2-1-3-7-15/h1-3,6-7,10-13,17-18H,4-5,8-9H2,(H,20,21)/t18-/m0/s1. The first-order valence-corrected chi connectivity index (χ1v) is 8.88. The third kappa shape index (κ3) is 4.29. The second-order valence-electron chi connectivity index (χ2n) is 5.74. The normalized spacial score (nSPS) is 16.2. The van der Waals surface area contributed by atoms with Crippen molar-refractivity contribution in [2.24, 2.45) is 0 Å². The minimum absolute atomic E-state index is 0.469. The molecular formula is C19H20O3S. The third-order valence-electron chi connectivity index (χ3n) is 4.02. The molecule has 3 nitrogen and oxygen atoms in total. The van der Waals surface area contributed by atoms with Crippen molar-refractivity contribution in [3.05, 3.63) is 60.2 Å². The van der Waals surface area contributed by atoms with Crippen molar-refractivity contribution in [1.29, 1.82) is 0 Å². The topological polar surface area (TPSA) is 46.5 Å². The lowest BCUT2D eigenvalue weighted by Gasteiger charge is -2.17. The molecule has 3 rings (SSSR count). The van der Waals surface area contributed by atoms with Crippen LogP contribution in [0, 0.1) is 0 Å². The summed E-state index contributed by atoms with van der Waals surface area (Å²) in [6.45, 7) is 0. The average Bonchev–Trinajstić information content (AvgIpc) is 3.07. The summed E-state index contributed by atoms with van der Waals surface area (Å²) in [5.74, 6) is 0.726. The molecule has 23 heavy (non-hydrogen) atoms. The number of ether oxygens (including phenoxy) is 1. The minimum atomic E-state index is -0.765. The number of carboxylic acids is 1. The van der Waals surface area contributed by atoms with Gasteiger partial charge >= 0.3 is 5.97 Å². The van der Waals surface area contributed by atoms with E-state index in [2.05, 4.69) is 0 Å². The summed E-state index contributed by atoms with van der Waals surface area (Å²) < 4.78 is 5.75. The number of carboxylic acid groups (broad SMARTS) is 1. The Labute approximate surface area is 140 Å². The summed E-state index contributed by atoms with van der Waals surface area (Å²) in [5, 5.41) is 9.51. The molecule has 4 heteroatoms. The van der Waals surface area contributed by atoms with Crippen molar-refractivity contribution in [2.45, 2.75) is 36.2 Å². The van der Waals surface area contributed by atoms with Gasteiger partial charge in [0.2, 0.25) is 0 Å². The van der Waals surface area contributed by atoms with E-state index in [1.165, 1.54) is 12.8 Å². The van der Waals surface area contributed by atoms with Crippen molar-refractivity contribution in [3.8, 4) is 11.5 Å². The van der Waals surface area contributed by atoms with Crippen LogP contribution in [0.25, 0.3) is 0 Å². The molecule has 0 heterocycles. The molecular weight excluding hydrogens is 308 g/mol. The van der Waals surface area contributed by atoms with Crippen LogP contribution in [0.1, 0.15) is 36.5 Å². The van der Waals surface area contributed by atoms with Crippen molar-refractivity contribution < 1.29 is 14.6 Å². The van der Waals surface area contributed by atoms with E-state index in [1.54, 1.807) is 11.8 Å². The van der Waals surface area contributed by atoms with Gasteiger partial charge in [0.15, 0.2) is 0 Å². The fourth-order valence-corrected chi connectivity index (χ4v) is 4.25. The number of thioether (sulfide) groups is 1. The van der Waals surface area contributed by atoms with Crippen LogP contribution in [0.3, 0.4) is 0 Å². The number of para-hydroxylation sites is 1. The average molecular weight is 328 g/mol. The minimum Gasteiger partial charge on any atom is -0.480 e. The molecule has 0 aromatic heterocycles. The number of rotatable bonds is 6. The van der Waals surface area contributed by atoms with Crippen LogP contribution in [-0.2, 0) is 4.79 Å². The van der Waals surface area contributed by atoms with E-state index in [1.807, 2.05) is 54.6 Å². The van der Waals surface area contributed by atoms with E-state index in [9.17, 15) is 9.90 Å². The Balaban J connectivity index is 1.69. The van der Waals surface area contributed by atoms with Gasteiger partial charge in [-0.3, -0.25) is 4.79 Å². The van der Waals surface area contributed by atoms with Gasteiger partial charge in [-0.1, -0.05) is 43.2 Å². The van der Waals surface area contributed by atoms with E-state index >= 15 is 0 Å². The number of hydrogen-bond acceptors (Lipinski definition) is 3. The highest BCUT2D eigenvalue weighted by Gasteiger charge is 2.26. The molecule has 0 spiro atoms. The van der Waals surface area contributed by atoms with Crippen LogP contribution in [0.2, 0.25) is 0 Å². The van der Waals surface area contributed by atoms with Gasteiger partial charge in [-0.15, -0.1) is 11.8 Å². The lowest BCUT2D eigenvalue weighted by atomic mass is 10.1. The molecule has 1 aliphatic rings. The SMILES string of the molecule is O=C(O)[C@@H](SC1CCCC1)c1ccc(Oc2ccccc2)cc1. The first kappa shape index (κ1) is 15.9. The van der Waals surface area contributed by atoms with E-state index in [4.69, 9.17) is 4.74 Å². The first-order valence-electron chi connectivity index (χ1n) is 7.93. The molecule has 1 atom stereocenters. The molecule has 2 aromatic carbocycles. The Morgan fingerprint density at radius 2 is 1.61 bits per heavy atom. The van der Waals surface area contributed by atoms with Crippen LogP contribution >= 0.6 is 11.8 Å². The smallest absolute Gasteiger partial charge is 0.321 e. The van der Waals surface area contributed by atoms with Crippen LogP contribution in [0.5, 0.6) is 11.5 Å². The van der Waals surface area contributed by atoms with Gasteiger partial charge < -0.3 is 9.84 Å². The molecule has 2 aromatic rings. The largest absolute Gasteiger partial charge is 0.480 e. The number of hydrogen-bond donors (Lipinski definition) is 1. The molecule has 1 aliphatic carbocycles. The van der Waals surface area contributed by atoms with Crippen LogP contribution in [0.15, 0.2) is 54.6 Å². The van der Waals surface area contributed by atoms with Gasteiger partial charge in [0, 0.05) is 5.25 Å². The highest BCUT2D eigenvalue weighted by molar-refractivity contribution is 8.00. The molecule has 0 bridgehead atoms. The first-order chi connectivity index (χ1) is 11.2.